The summed E-state index contributed by atoms with van der Waals surface area (Å²) in [5.74, 6) is 0. The van der Waals surface area contributed by atoms with Crippen LogP contribution in [0.3, 0.4) is 0 Å². The molecule has 0 amide bonds. The largest absolute Gasteiger partial charge is 0.320 e. The Balaban J connectivity index is 2.35. The third-order valence-electron chi connectivity index (χ3n) is 2.54. The van der Waals surface area contributed by atoms with Crippen LogP contribution < -0.4 is 5.73 Å². The van der Waals surface area contributed by atoms with Crippen LogP contribution in [-0.4, -0.2) is 9.97 Å². The zero-order valence-electron chi connectivity index (χ0n) is 9.51. The summed E-state index contributed by atoms with van der Waals surface area (Å²) in [5, 5.41) is 0. The first-order valence-corrected chi connectivity index (χ1v) is 5.26. The lowest BCUT2D eigenvalue weighted by molar-refractivity contribution is 0.854. The average Bonchev–Trinajstić information content (AvgIpc) is 2.28. The molecule has 2 heterocycles. The van der Waals surface area contributed by atoms with Gasteiger partial charge in [-0.3, -0.25) is 9.97 Å². The molecule has 2 N–H and O–H groups in total. The van der Waals surface area contributed by atoms with Crippen LogP contribution in [0.25, 0.3) is 0 Å². The van der Waals surface area contributed by atoms with Gasteiger partial charge in [0.1, 0.15) is 0 Å². The lowest BCUT2D eigenvalue weighted by atomic mass is 10.0. The van der Waals surface area contributed by atoms with Crippen molar-refractivity contribution in [2.45, 2.75) is 19.9 Å². The molecule has 0 saturated carbocycles. The molecule has 3 heteroatoms. The number of pyridine rings is 2. The van der Waals surface area contributed by atoms with Crippen LogP contribution in [0.4, 0.5) is 0 Å². The maximum absolute atomic E-state index is 6.19. The molecule has 0 aromatic carbocycles. The Bertz CT molecular complexity index is 449. The highest BCUT2D eigenvalue weighted by Crippen LogP contribution is 2.19. The van der Waals surface area contributed by atoms with Crippen molar-refractivity contribution in [1.29, 1.82) is 0 Å². The van der Waals surface area contributed by atoms with E-state index in [-0.39, 0.29) is 6.04 Å². The van der Waals surface area contributed by atoms with Crippen LogP contribution in [0.5, 0.6) is 0 Å². The summed E-state index contributed by atoms with van der Waals surface area (Å²) in [4.78, 5) is 8.32. The molecular formula is C13H15N3. The van der Waals surface area contributed by atoms with Gasteiger partial charge in [0.15, 0.2) is 0 Å². The van der Waals surface area contributed by atoms with E-state index in [0.717, 1.165) is 22.4 Å². The molecule has 82 valence electrons. The monoisotopic (exact) mass is 213 g/mol. The van der Waals surface area contributed by atoms with E-state index in [1.807, 2.05) is 38.4 Å². The van der Waals surface area contributed by atoms with Crippen molar-refractivity contribution < 1.29 is 0 Å². The molecule has 2 aromatic heterocycles. The third-order valence-corrected chi connectivity index (χ3v) is 2.54. The molecule has 1 unspecified atom stereocenters. The van der Waals surface area contributed by atoms with E-state index in [1.165, 1.54) is 0 Å². The maximum Gasteiger partial charge on any atom is 0.0568 e. The first-order valence-electron chi connectivity index (χ1n) is 5.26. The summed E-state index contributed by atoms with van der Waals surface area (Å²) < 4.78 is 0. The number of nitrogens with two attached hydrogens (primary N) is 1. The van der Waals surface area contributed by atoms with Gasteiger partial charge in [-0.2, -0.15) is 0 Å². The van der Waals surface area contributed by atoms with Crippen molar-refractivity contribution in [3.63, 3.8) is 0 Å². The molecule has 0 saturated heterocycles. The van der Waals surface area contributed by atoms with Gasteiger partial charge in [0.2, 0.25) is 0 Å². The quantitative estimate of drug-likeness (QED) is 0.831. The van der Waals surface area contributed by atoms with Gasteiger partial charge in [-0.1, -0.05) is 6.07 Å². The van der Waals surface area contributed by atoms with E-state index in [1.54, 1.807) is 6.20 Å². The van der Waals surface area contributed by atoms with Crippen LogP contribution in [0.15, 0.2) is 36.8 Å². The highest BCUT2D eigenvalue weighted by atomic mass is 14.7. The normalized spacial score (nSPS) is 12.4. The molecule has 0 fully saturated rings. The van der Waals surface area contributed by atoms with Gasteiger partial charge in [-0.25, -0.2) is 0 Å². The van der Waals surface area contributed by atoms with Crippen molar-refractivity contribution in [1.82, 2.24) is 9.97 Å². The molecule has 16 heavy (non-hydrogen) atoms. The smallest absolute Gasteiger partial charge is 0.0568 e. The van der Waals surface area contributed by atoms with Crippen LogP contribution in [0, 0.1) is 13.8 Å². The second kappa shape index (κ2) is 4.41. The van der Waals surface area contributed by atoms with Crippen LogP contribution >= 0.6 is 0 Å². The second-order valence-corrected chi connectivity index (χ2v) is 4.00. The van der Waals surface area contributed by atoms with E-state index >= 15 is 0 Å². The molecule has 0 spiro atoms. The molecule has 3 nitrogen and oxygen atoms in total. The molecule has 1 atom stereocenters. The molecule has 2 rings (SSSR count). The minimum absolute atomic E-state index is 0.130. The van der Waals surface area contributed by atoms with Crippen molar-refractivity contribution in [3.8, 4) is 0 Å². The summed E-state index contributed by atoms with van der Waals surface area (Å²) in [6.07, 6.45) is 5.43. The van der Waals surface area contributed by atoms with Gasteiger partial charge in [0.05, 0.1) is 6.04 Å². The molecule has 0 aliphatic heterocycles. The minimum atomic E-state index is -0.130. The molecule has 0 aliphatic carbocycles. The van der Waals surface area contributed by atoms with Gasteiger partial charge in [0, 0.05) is 24.3 Å². The summed E-state index contributed by atoms with van der Waals surface area (Å²) in [7, 11) is 0. The van der Waals surface area contributed by atoms with Gasteiger partial charge in [-0.15, -0.1) is 0 Å². The number of nitrogens with zero attached hydrogens (tertiary/aromatic N) is 2. The standard InChI is InChI=1S/C13H15N3/c1-9-5-12(8-15-7-9)13(14)11-3-4-16-10(2)6-11/h3-8,13H,14H2,1-2H3. The van der Waals surface area contributed by atoms with E-state index in [0.29, 0.717) is 0 Å². The Labute approximate surface area is 95.4 Å². The lowest BCUT2D eigenvalue weighted by Gasteiger charge is -2.12. The Hall–Kier alpha value is -1.74. The van der Waals surface area contributed by atoms with Crippen molar-refractivity contribution in [2.24, 2.45) is 5.73 Å². The fraction of sp³-hybridized carbons (Fsp3) is 0.231. The first kappa shape index (κ1) is 10.8. The van der Waals surface area contributed by atoms with Gasteiger partial charge in [-0.05, 0) is 42.7 Å². The van der Waals surface area contributed by atoms with Gasteiger partial charge in [0.25, 0.3) is 0 Å². The van der Waals surface area contributed by atoms with E-state index in [9.17, 15) is 0 Å². The number of aromatic nitrogens is 2. The van der Waals surface area contributed by atoms with Crippen LogP contribution in [0.2, 0.25) is 0 Å². The Kier molecular flexibility index (Phi) is 2.97. The second-order valence-electron chi connectivity index (χ2n) is 4.00. The summed E-state index contributed by atoms with van der Waals surface area (Å²) in [6, 6.07) is 5.88. The van der Waals surface area contributed by atoms with E-state index in [4.69, 9.17) is 5.73 Å². The fourth-order valence-corrected chi connectivity index (χ4v) is 1.70. The maximum atomic E-state index is 6.19. The summed E-state index contributed by atoms with van der Waals surface area (Å²) in [5.41, 5.74) is 10.4. The van der Waals surface area contributed by atoms with Crippen LogP contribution in [-0.2, 0) is 0 Å². The average molecular weight is 213 g/mol. The number of rotatable bonds is 2. The zero-order valence-corrected chi connectivity index (χ0v) is 9.51. The minimum Gasteiger partial charge on any atom is -0.320 e. The molecule has 0 bridgehead atoms. The molecular weight excluding hydrogens is 198 g/mol. The highest BCUT2D eigenvalue weighted by Gasteiger charge is 2.09. The third kappa shape index (κ3) is 2.25. The number of hydrogen-bond donors (Lipinski definition) is 1. The van der Waals surface area contributed by atoms with Gasteiger partial charge < -0.3 is 5.73 Å². The van der Waals surface area contributed by atoms with E-state index < -0.39 is 0 Å². The fourth-order valence-electron chi connectivity index (χ4n) is 1.70. The molecule has 2 aromatic rings. The van der Waals surface area contributed by atoms with Crippen LogP contribution in [0.1, 0.15) is 28.4 Å². The first-order chi connectivity index (χ1) is 7.66. The number of hydrogen-bond acceptors (Lipinski definition) is 3. The van der Waals surface area contributed by atoms with Crippen molar-refractivity contribution in [2.75, 3.05) is 0 Å². The highest BCUT2D eigenvalue weighted by molar-refractivity contribution is 5.31. The SMILES string of the molecule is Cc1cncc(C(N)c2ccnc(C)c2)c1. The van der Waals surface area contributed by atoms with E-state index in [2.05, 4.69) is 16.0 Å². The Morgan fingerprint density at radius 2 is 1.94 bits per heavy atom. The number of aryl methyl sites for hydroxylation is 2. The van der Waals surface area contributed by atoms with Gasteiger partial charge >= 0.3 is 0 Å². The topological polar surface area (TPSA) is 51.8 Å². The Morgan fingerprint density at radius 3 is 2.62 bits per heavy atom. The van der Waals surface area contributed by atoms with Crippen molar-refractivity contribution >= 4 is 0 Å². The zero-order chi connectivity index (χ0) is 11.5. The predicted molar refractivity (Wildman–Crippen MR) is 64.0 cm³/mol. The lowest BCUT2D eigenvalue weighted by Crippen LogP contribution is -2.12. The summed E-state index contributed by atoms with van der Waals surface area (Å²) >= 11 is 0. The molecule has 0 radical (unpaired) electrons. The molecule has 0 aliphatic rings. The summed E-state index contributed by atoms with van der Waals surface area (Å²) in [6.45, 7) is 3.98. The Morgan fingerprint density at radius 1 is 1.12 bits per heavy atom. The predicted octanol–water partition coefficient (Wildman–Crippen LogP) is 2.14. The van der Waals surface area contributed by atoms with Crippen molar-refractivity contribution in [3.05, 3.63) is 59.2 Å².